The van der Waals surface area contributed by atoms with Gasteiger partial charge in [0, 0.05) is 11.5 Å². The fourth-order valence-corrected chi connectivity index (χ4v) is 3.12. The van der Waals surface area contributed by atoms with E-state index in [0.717, 1.165) is 30.7 Å². The second-order valence-electron chi connectivity index (χ2n) is 5.50. The first-order chi connectivity index (χ1) is 8.76. The summed E-state index contributed by atoms with van der Waals surface area (Å²) in [5.74, 6) is 1.53. The Morgan fingerprint density at radius 2 is 1.78 bits per heavy atom. The molecule has 18 heavy (non-hydrogen) atoms. The summed E-state index contributed by atoms with van der Waals surface area (Å²) in [5, 5.41) is 0. The number of carbonyl (C=O) groups excluding carboxylic acids is 1. The predicted molar refractivity (Wildman–Crippen MR) is 75.9 cm³/mol. The van der Waals surface area contributed by atoms with Crippen molar-refractivity contribution in [3.05, 3.63) is 35.4 Å². The van der Waals surface area contributed by atoms with Crippen LogP contribution >= 0.6 is 0 Å². The number of carbonyl (C=O) groups is 1. The summed E-state index contributed by atoms with van der Waals surface area (Å²) in [5.41, 5.74) is 2.18. The van der Waals surface area contributed by atoms with Crippen LogP contribution in [0.15, 0.2) is 24.3 Å². The molecule has 0 saturated heterocycles. The molecular formula is C17H24O. The lowest BCUT2D eigenvalue weighted by Gasteiger charge is -2.27. The van der Waals surface area contributed by atoms with Crippen molar-refractivity contribution in [1.82, 2.24) is 0 Å². The highest BCUT2D eigenvalue weighted by Crippen LogP contribution is 2.33. The standard InChI is InChI=1S/C17H24O/c1-3-13-9-11-15(12-10-13)17(18)16-8-6-5-7-14(16)4-2/h5-8,13,15H,3-4,9-12H2,1-2H3. The van der Waals surface area contributed by atoms with Crippen LogP contribution in [0.5, 0.6) is 0 Å². The summed E-state index contributed by atoms with van der Waals surface area (Å²) in [6, 6.07) is 8.12. The Hall–Kier alpha value is -1.11. The van der Waals surface area contributed by atoms with E-state index in [1.807, 2.05) is 18.2 Å². The molecule has 1 aliphatic rings. The normalized spacial score (nSPS) is 23.9. The number of benzene rings is 1. The van der Waals surface area contributed by atoms with E-state index in [9.17, 15) is 4.79 Å². The van der Waals surface area contributed by atoms with Crippen LogP contribution in [0.3, 0.4) is 0 Å². The van der Waals surface area contributed by atoms with E-state index in [1.165, 1.54) is 24.8 Å². The Morgan fingerprint density at radius 3 is 2.39 bits per heavy atom. The summed E-state index contributed by atoms with van der Waals surface area (Å²) >= 11 is 0. The predicted octanol–water partition coefficient (Wildman–Crippen LogP) is 4.65. The van der Waals surface area contributed by atoms with Crippen LogP contribution in [0.1, 0.15) is 61.9 Å². The zero-order valence-electron chi connectivity index (χ0n) is 11.6. The highest BCUT2D eigenvalue weighted by molar-refractivity contribution is 5.99. The van der Waals surface area contributed by atoms with Crippen molar-refractivity contribution in [1.29, 1.82) is 0 Å². The van der Waals surface area contributed by atoms with E-state index >= 15 is 0 Å². The summed E-state index contributed by atoms with van der Waals surface area (Å²) in [6.07, 6.45) is 6.88. The molecule has 1 aliphatic carbocycles. The zero-order chi connectivity index (χ0) is 13.0. The molecule has 1 saturated carbocycles. The smallest absolute Gasteiger partial charge is 0.166 e. The Morgan fingerprint density at radius 1 is 1.11 bits per heavy atom. The van der Waals surface area contributed by atoms with Gasteiger partial charge in [-0.2, -0.15) is 0 Å². The molecule has 0 bridgehead atoms. The largest absolute Gasteiger partial charge is 0.294 e. The van der Waals surface area contributed by atoms with Gasteiger partial charge in [-0.25, -0.2) is 0 Å². The second-order valence-corrected chi connectivity index (χ2v) is 5.50. The highest BCUT2D eigenvalue weighted by atomic mass is 16.1. The lowest BCUT2D eigenvalue weighted by Crippen LogP contribution is -2.22. The van der Waals surface area contributed by atoms with E-state index in [-0.39, 0.29) is 5.92 Å². The van der Waals surface area contributed by atoms with Gasteiger partial charge in [0.2, 0.25) is 0 Å². The monoisotopic (exact) mass is 244 g/mol. The van der Waals surface area contributed by atoms with Crippen molar-refractivity contribution >= 4 is 5.78 Å². The molecule has 0 amide bonds. The second kappa shape index (κ2) is 6.17. The fourth-order valence-electron chi connectivity index (χ4n) is 3.12. The molecule has 0 spiro atoms. The third-order valence-corrected chi connectivity index (χ3v) is 4.46. The lowest BCUT2D eigenvalue weighted by molar-refractivity contribution is 0.0870. The molecule has 0 unspecified atom stereocenters. The van der Waals surface area contributed by atoms with Gasteiger partial charge in [-0.15, -0.1) is 0 Å². The van der Waals surface area contributed by atoms with E-state index in [0.29, 0.717) is 5.78 Å². The van der Waals surface area contributed by atoms with Crippen LogP contribution in [0.2, 0.25) is 0 Å². The molecule has 0 heterocycles. The minimum Gasteiger partial charge on any atom is -0.294 e. The molecule has 0 aromatic heterocycles. The third-order valence-electron chi connectivity index (χ3n) is 4.46. The third kappa shape index (κ3) is 2.82. The van der Waals surface area contributed by atoms with Crippen LogP contribution in [-0.4, -0.2) is 5.78 Å². The number of aryl methyl sites for hydroxylation is 1. The number of ketones is 1. The van der Waals surface area contributed by atoms with Crippen LogP contribution < -0.4 is 0 Å². The SMILES string of the molecule is CCc1ccccc1C(=O)C1CCC(CC)CC1. The number of Topliss-reactive ketones (excluding diaryl/α,β-unsaturated/α-hetero) is 1. The van der Waals surface area contributed by atoms with Crippen LogP contribution in [0.25, 0.3) is 0 Å². The molecule has 0 aliphatic heterocycles. The first-order valence-electron chi connectivity index (χ1n) is 7.38. The maximum Gasteiger partial charge on any atom is 0.166 e. The van der Waals surface area contributed by atoms with Gasteiger partial charge in [-0.1, -0.05) is 44.5 Å². The molecule has 2 rings (SSSR count). The van der Waals surface area contributed by atoms with Crippen molar-refractivity contribution in [3.8, 4) is 0 Å². The Bertz CT molecular complexity index is 400. The van der Waals surface area contributed by atoms with Crippen molar-refractivity contribution in [2.75, 3.05) is 0 Å². The summed E-state index contributed by atoms with van der Waals surface area (Å²) in [7, 11) is 0. The van der Waals surface area contributed by atoms with E-state index in [1.54, 1.807) is 0 Å². The molecule has 1 aromatic carbocycles. The Kier molecular flexibility index (Phi) is 4.57. The van der Waals surface area contributed by atoms with Gasteiger partial charge in [-0.3, -0.25) is 4.79 Å². The van der Waals surface area contributed by atoms with Crippen molar-refractivity contribution in [3.63, 3.8) is 0 Å². The molecule has 1 nitrogen and oxygen atoms in total. The highest BCUT2D eigenvalue weighted by Gasteiger charge is 2.26. The van der Waals surface area contributed by atoms with Crippen molar-refractivity contribution in [2.24, 2.45) is 11.8 Å². The summed E-state index contributed by atoms with van der Waals surface area (Å²) in [6.45, 7) is 4.39. The molecule has 0 atom stereocenters. The minimum atomic E-state index is 0.278. The molecule has 0 radical (unpaired) electrons. The van der Waals surface area contributed by atoms with Gasteiger partial charge in [0.05, 0.1) is 0 Å². The van der Waals surface area contributed by atoms with Crippen LogP contribution in [-0.2, 0) is 6.42 Å². The zero-order valence-corrected chi connectivity index (χ0v) is 11.6. The average molecular weight is 244 g/mol. The van der Waals surface area contributed by atoms with Crippen LogP contribution in [0.4, 0.5) is 0 Å². The van der Waals surface area contributed by atoms with Gasteiger partial charge in [0.25, 0.3) is 0 Å². The molecule has 0 N–H and O–H groups in total. The average Bonchev–Trinajstić information content (AvgIpc) is 2.46. The molecule has 1 aromatic rings. The summed E-state index contributed by atoms with van der Waals surface area (Å²) in [4.78, 5) is 12.6. The van der Waals surface area contributed by atoms with Gasteiger partial charge < -0.3 is 0 Å². The van der Waals surface area contributed by atoms with E-state index in [4.69, 9.17) is 0 Å². The van der Waals surface area contributed by atoms with Gasteiger partial charge in [-0.05, 0) is 43.6 Å². The number of hydrogen-bond acceptors (Lipinski definition) is 1. The first-order valence-corrected chi connectivity index (χ1v) is 7.38. The van der Waals surface area contributed by atoms with Crippen LogP contribution in [0, 0.1) is 11.8 Å². The molecule has 1 heteroatoms. The Balaban J connectivity index is 2.08. The van der Waals surface area contributed by atoms with Crippen molar-refractivity contribution in [2.45, 2.75) is 52.4 Å². The summed E-state index contributed by atoms with van der Waals surface area (Å²) < 4.78 is 0. The van der Waals surface area contributed by atoms with Gasteiger partial charge in [0.15, 0.2) is 5.78 Å². The van der Waals surface area contributed by atoms with Gasteiger partial charge >= 0.3 is 0 Å². The number of rotatable bonds is 4. The van der Waals surface area contributed by atoms with E-state index in [2.05, 4.69) is 19.9 Å². The maximum atomic E-state index is 12.6. The molecule has 1 fully saturated rings. The molecule has 98 valence electrons. The maximum absolute atomic E-state index is 12.6. The lowest BCUT2D eigenvalue weighted by atomic mass is 9.77. The quantitative estimate of drug-likeness (QED) is 0.705. The molecular weight excluding hydrogens is 220 g/mol. The van der Waals surface area contributed by atoms with E-state index < -0.39 is 0 Å². The fraction of sp³-hybridized carbons (Fsp3) is 0.588. The van der Waals surface area contributed by atoms with Crippen molar-refractivity contribution < 1.29 is 4.79 Å². The Labute approximate surface area is 111 Å². The number of hydrogen-bond donors (Lipinski definition) is 0. The first kappa shape index (κ1) is 13.3. The topological polar surface area (TPSA) is 17.1 Å². The van der Waals surface area contributed by atoms with Gasteiger partial charge in [0.1, 0.15) is 0 Å². The minimum absolute atomic E-state index is 0.278.